The molecule has 0 saturated carbocycles. The number of carboxylic acid groups (broad SMARTS) is 2. The molecule has 10 nitrogen and oxygen atoms in total. The molecule has 0 saturated heterocycles. The van der Waals surface area contributed by atoms with Gasteiger partial charge in [0.25, 0.3) is 0 Å². The Morgan fingerprint density at radius 2 is 0.882 bits per heavy atom. The van der Waals surface area contributed by atoms with Crippen molar-refractivity contribution in [2.45, 2.75) is 24.4 Å². The van der Waals surface area contributed by atoms with Crippen LogP contribution in [0.5, 0.6) is 0 Å². The van der Waals surface area contributed by atoms with Gasteiger partial charge in [-0.25, -0.2) is 9.59 Å². The zero-order valence-corrected chi connectivity index (χ0v) is 7.81. The quantitative estimate of drug-likeness (QED) is 0.263. The fraction of sp³-hybridized carbons (Fsp3) is 0.667. The fourth-order valence-corrected chi connectivity index (χ4v) is 0.666. The monoisotopic (exact) mass is 270 g/mol. The average Bonchev–Trinajstić information content (AvgIpc) is 2.12. The summed E-state index contributed by atoms with van der Waals surface area (Å²) < 4.78 is 0. The first-order valence-electron chi connectivity index (χ1n) is 3.47. The van der Waals surface area contributed by atoms with Crippen LogP contribution in [0, 0.1) is 0 Å². The molecule has 10 N–H and O–H groups in total. The van der Waals surface area contributed by atoms with Crippen LogP contribution in [0.15, 0.2) is 0 Å². The molecule has 0 aromatic rings. The van der Waals surface area contributed by atoms with E-state index in [1.807, 2.05) is 0 Å². The van der Waals surface area contributed by atoms with Crippen LogP contribution in [-0.4, -0.2) is 108 Å². The van der Waals surface area contributed by atoms with Crippen LogP contribution in [0.4, 0.5) is 0 Å². The van der Waals surface area contributed by atoms with Crippen LogP contribution >= 0.6 is 0 Å². The Morgan fingerprint density at radius 1 is 0.706 bits per heavy atom. The van der Waals surface area contributed by atoms with Crippen molar-refractivity contribution in [1.29, 1.82) is 0 Å². The first-order valence-corrected chi connectivity index (χ1v) is 3.47. The number of hydrogen-bond acceptors (Lipinski definition) is 6. The molecule has 0 rings (SSSR count). The van der Waals surface area contributed by atoms with E-state index in [2.05, 4.69) is 0 Å². The summed E-state index contributed by atoms with van der Waals surface area (Å²) in [5.41, 5.74) is 0. The molecule has 4 unspecified atom stereocenters. The van der Waals surface area contributed by atoms with Crippen LogP contribution in [0.3, 0.4) is 0 Å². The van der Waals surface area contributed by atoms with E-state index in [4.69, 9.17) is 30.6 Å². The normalized spacial score (nSPS) is 16.0. The van der Waals surface area contributed by atoms with Crippen molar-refractivity contribution >= 4 is 41.5 Å². The molecule has 0 aliphatic heterocycles. The standard InChI is InChI=1S/C6H10O8.Na.2H2O.H/c7-1(3(9)5(11)12)2(8)4(10)6(13)14;;;;/h1-4,7-10H,(H,11,12)(H,13,14);;2*1H2;. The SMILES string of the molecule is O.O.O=C(O)C(O)C(O)C(O)C(O)C(=O)O.[NaH]. The van der Waals surface area contributed by atoms with Gasteiger partial charge < -0.3 is 41.6 Å². The topological polar surface area (TPSA) is 219 Å². The molecule has 0 aromatic carbocycles. The summed E-state index contributed by atoms with van der Waals surface area (Å²) in [5, 5.41) is 51.5. The van der Waals surface area contributed by atoms with Crippen LogP contribution in [0.1, 0.15) is 0 Å². The van der Waals surface area contributed by atoms with E-state index in [1.165, 1.54) is 0 Å². The molecule has 11 heteroatoms. The molecule has 0 spiro atoms. The number of aliphatic carboxylic acids is 2. The second kappa shape index (κ2) is 10.8. The van der Waals surface area contributed by atoms with Crippen LogP contribution in [0.2, 0.25) is 0 Å². The molecular weight excluding hydrogens is 255 g/mol. The van der Waals surface area contributed by atoms with Crippen molar-refractivity contribution in [3.05, 3.63) is 0 Å². The van der Waals surface area contributed by atoms with E-state index in [1.54, 1.807) is 0 Å². The van der Waals surface area contributed by atoms with Gasteiger partial charge in [-0.15, -0.1) is 0 Å². The van der Waals surface area contributed by atoms with Crippen LogP contribution in [0.25, 0.3) is 0 Å². The van der Waals surface area contributed by atoms with E-state index in [0.29, 0.717) is 0 Å². The van der Waals surface area contributed by atoms with Gasteiger partial charge in [0, 0.05) is 0 Å². The number of hydrogen-bond donors (Lipinski definition) is 6. The Kier molecular flexibility index (Phi) is 16.3. The number of carbonyl (C=O) groups is 2. The maximum atomic E-state index is 10.1. The first kappa shape index (κ1) is 25.5. The molecule has 0 aliphatic rings. The molecule has 0 aliphatic carbocycles. The van der Waals surface area contributed by atoms with Gasteiger partial charge in [0.15, 0.2) is 12.2 Å². The van der Waals surface area contributed by atoms with Gasteiger partial charge in [0.2, 0.25) is 0 Å². The van der Waals surface area contributed by atoms with Gasteiger partial charge in [-0.3, -0.25) is 0 Å². The van der Waals surface area contributed by atoms with E-state index in [0.717, 1.165) is 0 Å². The predicted molar refractivity (Wildman–Crippen MR) is 53.7 cm³/mol. The number of carboxylic acids is 2. The van der Waals surface area contributed by atoms with E-state index >= 15 is 0 Å². The molecule has 0 radical (unpaired) electrons. The Morgan fingerprint density at radius 3 is 1.00 bits per heavy atom. The maximum absolute atomic E-state index is 10.1. The van der Waals surface area contributed by atoms with Gasteiger partial charge in [0.05, 0.1) is 0 Å². The molecular formula is C6H15NaO10. The van der Waals surface area contributed by atoms with Crippen molar-refractivity contribution in [3.63, 3.8) is 0 Å². The molecule has 0 amide bonds. The van der Waals surface area contributed by atoms with Gasteiger partial charge in [-0.1, -0.05) is 0 Å². The third-order valence-corrected chi connectivity index (χ3v) is 1.50. The van der Waals surface area contributed by atoms with Gasteiger partial charge in [-0.05, 0) is 0 Å². The molecule has 0 aromatic heterocycles. The predicted octanol–water partition coefficient (Wildman–Crippen LogP) is -5.70. The molecule has 100 valence electrons. The minimum atomic E-state index is -2.36. The average molecular weight is 270 g/mol. The van der Waals surface area contributed by atoms with Crippen molar-refractivity contribution in [2.75, 3.05) is 0 Å². The van der Waals surface area contributed by atoms with Crippen molar-refractivity contribution in [2.24, 2.45) is 0 Å². The number of aliphatic hydroxyl groups excluding tert-OH is 4. The number of aliphatic hydroxyl groups is 4. The summed E-state index contributed by atoms with van der Waals surface area (Å²) >= 11 is 0. The first-order chi connectivity index (χ1) is 6.29. The van der Waals surface area contributed by atoms with Crippen molar-refractivity contribution in [3.8, 4) is 0 Å². The van der Waals surface area contributed by atoms with E-state index in [-0.39, 0.29) is 40.5 Å². The number of rotatable bonds is 5. The zero-order chi connectivity index (χ0) is 11.5. The van der Waals surface area contributed by atoms with Crippen molar-refractivity contribution in [1.82, 2.24) is 0 Å². The minimum absolute atomic E-state index is 0. The summed E-state index contributed by atoms with van der Waals surface area (Å²) in [6.07, 6.45) is -9.28. The fourth-order valence-electron chi connectivity index (χ4n) is 0.666. The summed E-state index contributed by atoms with van der Waals surface area (Å²) in [5.74, 6) is -3.68. The molecule has 0 heterocycles. The Bertz CT molecular complexity index is 209. The van der Waals surface area contributed by atoms with Crippen LogP contribution < -0.4 is 0 Å². The third-order valence-electron chi connectivity index (χ3n) is 1.50. The van der Waals surface area contributed by atoms with E-state index < -0.39 is 36.4 Å². The van der Waals surface area contributed by atoms with Crippen LogP contribution in [-0.2, 0) is 9.59 Å². The summed E-state index contributed by atoms with van der Waals surface area (Å²) in [6.45, 7) is 0. The van der Waals surface area contributed by atoms with Crippen molar-refractivity contribution < 1.29 is 51.2 Å². The van der Waals surface area contributed by atoms with E-state index in [9.17, 15) is 9.59 Å². The second-order valence-corrected chi connectivity index (χ2v) is 2.55. The molecule has 17 heavy (non-hydrogen) atoms. The van der Waals surface area contributed by atoms with Gasteiger partial charge in [0.1, 0.15) is 12.2 Å². The summed E-state index contributed by atoms with van der Waals surface area (Å²) in [6, 6.07) is 0. The summed E-state index contributed by atoms with van der Waals surface area (Å²) in [7, 11) is 0. The molecule has 0 bridgehead atoms. The van der Waals surface area contributed by atoms with Gasteiger partial charge >= 0.3 is 41.5 Å². The Balaban J connectivity index is -0.000000282. The molecule has 0 fully saturated rings. The third kappa shape index (κ3) is 7.59. The summed E-state index contributed by atoms with van der Waals surface area (Å²) in [4.78, 5) is 20.2. The zero-order valence-electron chi connectivity index (χ0n) is 7.81. The molecule has 4 atom stereocenters. The second-order valence-electron chi connectivity index (χ2n) is 2.55. The Hall–Kier alpha value is -0.300. The van der Waals surface area contributed by atoms with Gasteiger partial charge in [-0.2, -0.15) is 0 Å². The Labute approximate surface area is 117 Å².